The molecule has 0 atom stereocenters. The second kappa shape index (κ2) is 7.38. The topological polar surface area (TPSA) is 4.93 Å². The van der Waals surface area contributed by atoms with E-state index in [1.807, 2.05) is 11.3 Å². The first-order chi connectivity index (χ1) is 19.8. The van der Waals surface area contributed by atoms with Gasteiger partial charge >= 0.3 is 0 Å². The molecule has 0 amide bonds. The Hall–Kier alpha value is -4.92. The van der Waals surface area contributed by atoms with Crippen LogP contribution >= 0.6 is 11.3 Å². The highest BCUT2D eigenvalue weighted by Crippen LogP contribution is 2.50. The van der Waals surface area contributed by atoms with Gasteiger partial charge in [-0.15, -0.1) is 11.3 Å². The zero-order valence-corrected chi connectivity index (χ0v) is 22.3. The maximum atomic E-state index is 2.52. The van der Waals surface area contributed by atoms with Gasteiger partial charge in [0, 0.05) is 36.3 Å². The molecule has 0 radical (unpaired) electrons. The lowest BCUT2D eigenvalue weighted by Gasteiger charge is -2.13. The molecule has 10 rings (SSSR count). The van der Waals surface area contributed by atoms with Gasteiger partial charge in [0.25, 0.3) is 0 Å². The molecule has 9 aromatic rings. The summed E-state index contributed by atoms with van der Waals surface area (Å²) < 4.78 is 5.20. The minimum Gasteiger partial charge on any atom is -0.309 e. The van der Waals surface area contributed by atoms with Crippen LogP contribution in [0.1, 0.15) is 0 Å². The molecule has 1 aliphatic rings. The molecule has 0 aliphatic heterocycles. The van der Waals surface area contributed by atoms with Crippen LogP contribution in [0.25, 0.3) is 91.5 Å². The van der Waals surface area contributed by atoms with Crippen molar-refractivity contribution in [3.63, 3.8) is 0 Å². The van der Waals surface area contributed by atoms with Crippen LogP contribution in [0.15, 0.2) is 127 Å². The number of thiophene rings is 1. The van der Waals surface area contributed by atoms with Crippen molar-refractivity contribution in [3.8, 4) is 27.9 Å². The van der Waals surface area contributed by atoms with Crippen molar-refractivity contribution in [2.75, 3.05) is 0 Å². The van der Waals surface area contributed by atoms with Gasteiger partial charge in [-0.2, -0.15) is 0 Å². The molecule has 2 heterocycles. The summed E-state index contributed by atoms with van der Waals surface area (Å²) in [6, 6.07) is 47.4. The number of rotatable bonds is 1. The Morgan fingerprint density at radius 3 is 2.02 bits per heavy atom. The highest BCUT2D eigenvalue weighted by molar-refractivity contribution is 7.25. The Morgan fingerprint density at radius 1 is 0.400 bits per heavy atom. The summed E-state index contributed by atoms with van der Waals surface area (Å²) in [6.45, 7) is 0. The van der Waals surface area contributed by atoms with E-state index in [1.54, 1.807) is 0 Å². The predicted octanol–water partition coefficient (Wildman–Crippen LogP) is 11.1. The molecule has 0 spiro atoms. The monoisotopic (exact) mass is 523 g/mol. The van der Waals surface area contributed by atoms with Crippen molar-refractivity contribution in [2.45, 2.75) is 0 Å². The number of aromatic nitrogens is 1. The zero-order chi connectivity index (χ0) is 25.9. The van der Waals surface area contributed by atoms with Crippen LogP contribution in [0.4, 0.5) is 0 Å². The molecule has 2 aromatic heterocycles. The molecule has 2 heteroatoms. The van der Waals surface area contributed by atoms with Gasteiger partial charge < -0.3 is 4.57 Å². The smallest absolute Gasteiger partial charge is 0.0556 e. The van der Waals surface area contributed by atoms with E-state index in [4.69, 9.17) is 0 Å². The predicted molar refractivity (Wildman–Crippen MR) is 173 cm³/mol. The molecule has 0 bridgehead atoms. The third kappa shape index (κ3) is 2.53. The third-order valence-corrected chi connectivity index (χ3v) is 10.1. The average Bonchev–Trinajstić information content (AvgIpc) is 3.65. The molecule has 0 saturated heterocycles. The summed E-state index contributed by atoms with van der Waals surface area (Å²) in [7, 11) is 0. The normalized spacial score (nSPS) is 12.5. The zero-order valence-electron chi connectivity index (χ0n) is 21.5. The molecule has 40 heavy (non-hydrogen) atoms. The van der Waals surface area contributed by atoms with Crippen LogP contribution in [0.3, 0.4) is 0 Å². The molecular formula is C38H21NS. The molecule has 0 fully saturated rings. The Morgan fingerprint density at radius 2 is 1.12 bits per heavy atom. The van der Waals surface area contributed by atoms with Gasteiger partial charge in [0.05, 0.1) is 16.7 Å². The van der Waals surface area contributed by atoms with Gasteiger partial charge in [-0.3, -0.25) is 0 Å². The molecule has 0 saturated carbocycles. The number of benzene rings is 7. The Kier molecular flexibility index (Phi) is 3.87. The highest BCUT2D eigenvalue weighted by atomic mass is 32.1. The first-order valence-electron chi connectivity index (χ1n) is 13.8. The molecule has 0 unspecified atom stereocenters. The quantitative estimate of drug-likeness (QED) is 0.202. The first kappa shape index (κ1) is 21.0. The average molecular weight is 524 g/mol. The summed E-state index contributed by atoms with van der Waals surface area (Å²) in [5.74, 6) is 0. The van der Waals surface area contributed by atoms with E-state index in [0.717, 1.165) is 0 Å². The van der Waals surface area contributed by atoms with Crippen LogP contribution in [0, 0.1) is 0 Å². The van der Waals surface area contributed by atoms with Crippen molar-refractivity contribution < 1.29 is 0 Å². The van der Waals surface area contributed by atoms with E-state index in [-0.39, 0.29) is 0 Å². The van der Waals surface area contributed by atoms with Crippen molar-refractivity contribution in [1.82, 2.24) is 4.57 Å². The maximum absolute atomic E-state index is 2.52. The summed E-state index contributed by atoms with van der Waals surface area (Å²) >= 11 is 1.89. The number of fused-ring (bicyclic) bond motifs is 11. The van der Waals surface area contributed by atoms with Gasteiger partial charge in [0.1, 0.15) is 0 Å². The lowest BCUT2D eigenvalue weighted by Crippen LogP contribution is -1.95. The largest absolute Gasteiger partial charge is 0.309 e. The van der Waals surface area contributed by atoms with Crippen molar-refractivity contribution in [3.05, 3.63) is 127 Å². The van der Waals surface area contributed by atoms with E-state index in [0.29, 0.717) is 0 Å². The molecular weight excluding hydrogens is 502 g/mol. The van der Waals surface area contributed by atoms with Gasteiger partial charge in [0.2, 0.25) is 0 Å². The van der Waals surface area contributed by atoms with E-state index >= 15 is 0 Å². The van der Waals surface area contributed by atoms with Crippen LogP contribution in [0.5, 0.6) is 0 Å². The fraction of sp³-hybridized carbons (Fsp3) is 0. The van der Waals surface area contributed by atoms with Crippen LogP contribution in [-0.2, 0) is 0 Å². The third-order valence-electron chi connectivity index (χ3n) is 8.92. The second-order valence-electron chi connectivity index (χ2n) is 10.9. The van der Waals surface area contributed by atoms with E-state index in [9.17, 15) is 0 Å². The van der Waals surface area contributed by atoms with E-state index in [2.05, 4.69) is 132 Å². The fourth-order valence-electron chi connectivity index (χ4n) is 7.25. The number of nitrogens with zero attached hydrogens (tertiary/aromatic N) is 1. The molecule has 1 aliphatic carbocycles. The minimum atomic E-state index is 1.24. The summed E-state index contributed by atoms with van der Waals surface area (Å²) in [5.41, 5.74) is 9.10. The van der Waals surface area contributed by atoms with Crippen LogP contribution in [0.2, 0.25) is 0 Å². The summed E-state index contributed by atoms with van der Waals surface area (Å²) in [5, 5.41) is 10.6. The molecule has 7 aromatic carbocycles. The van der Waals surface area contributed by atoms with Crippen molar-refractivity contribution in [1.29, 1.82) is 0 Å². The highest BCUT2D eigenvalue weighted by Gasteiger charge is 2.24. The Labute approximate surface area is 234 Å². The number of hydrogen-bond acceptors (Lipinski definition) is 1. The SMILES string of the molecule is c1ccc2c(c1)-c1cccc3c(-n4c5cc6sc7ccccc7c6cc5c5c6ccccc6ccc54)ccc-2c13. The lowest BCUT2D eigenvalue weighted by atomic mass is 10.0. The second-order valence-corrected chi connectivity index (χ2v) is 12.0. The fourth-order valence-corrected chi connectivity index (χ4v) is 8.37. The summed E-state index contributed by atoms with van der Waals surface area (Å²) in [4.78, 5) is 0. The van der Waals surface area contributed by atoms with Crippen LogP contribution in [-0.4, -0.2) is 4.57 Å². The molecule has 184 valence electrons. The van der Waals surface area contributed by atoms with Gasteiger partial charge in [-0.25, -0.2) is 0 Å². The Bertz CT molecular complexity index is 2510. The molecule has 1 nitrogen and oxygen atoms in total. The van der Waals surface area contributed by atoms with E-state index < -0.39 is 0 Å². The lowest BCUT2D eigenvalue weighted by molar-refractivity contribution is 1.20. The van der Waals surface area contributed by atoms with Crippen LogP contribution < -0.4 is 0 Å². The summed E-state index contributed by atoms with van der Waals surface area (Å²) in [6.07, 6.45) is 0. The molecule has 0 N–H and O–H groups in total. The van der Waals surface area contributed by atoms with Crippen molar-refractivity contribution >= 4 is 74.9 Å². The van der Waals surface area contributed by atoms with Gasteiger partial charge in [-0.1, -0.05) is 97.1 Å². The Balaban J connectivity index is 1.41. The minimum absolute atomic E-state index is 1.24. The first-order valence-corrected chi connectivity index (χ1v) is 14.6. The van der Waals surface area contributed by atoms with E-state index in [1.165, 1.54) is 91.5 Å². The van der Waals surface area contributed by atoms with Gasteiger partial charge in [-0.05, 0) is 68.7 Å². The van der Waals surface area contributed by atoms with Gasteiger partial charge in [0.15, 0.2) is 0 Å². The maximum Gasteiger partial charge on any atom is 0.0556 e. The van der Waals surface area contributed by atoms with Crippen molar-refractivity contribution in [2.24, 2.45) is 0 Å². The standard InChI is InChI=1S/C38H21NS/c1-2-9-23-22(8-1)16-18-33-38(23)31-20-30-26-12-5-6-15-35(26)40-36(30)21-34(31)39(33)32-19-17-28-25-11-4-3-10-24(25)27-13-7-14-29(32)37(27)28/h1-21H. The number of hydrogen-bond donors (Lipinski definition) is 0.